The fraction of sp³-hybridized carbons (Fsp3) is 0.200. The summed E-state index contributed by atoms with van der Waals surface area (Å²) < 4.78 is 28.5. The minimum Gasteiger partial charge on any atom is -0.550 e. The Morgan fingerprint density at radius 3 is 1.53 bits per heavy atom. The Bertz CT molecular complexity index is 369. The van der Waals surface area contributed by atoms with Crippen molar-refractivity contribution in [3.8, 4) is 0 Å². The van der Waals surface area contributed by atoms with Crippen LogP contribution in [0, 0.1) is 13.8 Å². The number of hydrogen-bond acceptors (Lipinski definition) is 6. The average molecular weight is 370 g/mol. The van der Waals surface area contributed by atoms with Crippen molar-refractivity contribution < 1.29 is 59.0 Å². The van der Waals surface area contributed by atoms with Gasteiger partial charge in [-0.1, -0.05) is 0 Å². The summed E-state index contributed by atoms with van der Waals surface area (Å²) in [7, 11) is -4.94. The Balaban J connectivity index is -0.000000137. The van der Waals surface area contributed by atoms with Crippen LogP contribution in [-0.2, 0) is 45.9 Å². The Morgan fingerprint density at radius 1 is 1.21 bits per heavy atom. The van der Waals surface area contributed by atoms with E-state index in [0.717, 1.165) is 0 Å². The van der Waals surface area contributed by atoms with Crippen molar-refractivity contribution in [3.05, 3.63) is 39.2 Å². The second-order valence-electron chi connectivity index (χ2n) is 2.48. The first-order valence-electron chi connectivity index (χ1n) is 4.25. The number of carbonyl (C=O) groups is 2. The first kappa shape index (κ1) is 26.5. The molecule has 0 spiro atoms. The largest absolute Gasteiger partial charge is 4.00 e. The van der Waals surface area contributed by atoms with Crippen molar-refractivity contribution in [1.29, 1.82) is 0 Å². The maximum absolute atomic E-state index is 10.2. The third kappa shape index (κ3) is 22.6. The van der Waals surface area contributed by atoms with E-state index in [1.807, 2.05) is 0 Å². The van der Waals surface area contributed by atoms with E-state index in [9.17, 15) is 28.2 Å². The van der Waals surface area contributed by atoms with Crippen LogP contribution < -0.4 is 10.2 Å². The summed E-state index contributed by atoms with van der Waals surface area (Å²) in [6.45, 7) is 13.0. The molecular weight excluding hydrogens is 355 g/mol. The molecule has 0 aliphatic carbocycles. The zero-order valence-corrected chi connectivity index (χ0v) is 13.3. The van der Waals surface area contributed by atoms with Crippen LogP contribution >= 0.6 is 0 Å². The van der Waals surface area contributed by atoms with Gasteiger partial charge in [-0.2, -0.15) is 8.42 Å². The summed E-state index contributed by atoms with van der Waals surface area (Å²) in [5, 5.41) is 17.3. The second kappa shape index (κ2) is 15.0. The molecule has 0 saturated heterocycles. The molecular formula is C10H14O7SZr. The predicted molar refractivity (Wildman–Crippen MR) is 61.1 cm³/mol. The van der Waals surface area contributed by atoms with Gasteiger partial charge in [0.25, 0.3) is 10.1 Å². The average Bonchev–Trinajstić information content (AvgIpc) is 2.14. The number of allylic oxidation sites excluding steroid dienone is 2. The smallest absolute Gasteiger partial charge is 0.550 e. The van der Waals surface area contributed by atoms with Gasteiger partial charge >= 0.3 is 26.2 Å². The molecule has 0 amide bonds. The van der Waals surface area contributed by atoms with Crippen molar-refractivity contribution in [1.82, 2.24) is 0 Å². The number of carboxylic acid groups (broad SMARTS) is 2. The van der Waals surface area contributed by atoms with Crippen LogP contribution in [0.25, 0.3) is 0 Å². The summed E-state index contributed by atoms with van der Waals surface area (Å²) in [5.74, 6) is -4.08. The van der Waals surface area contributed by atoms with Crippen LogP contribution in [0.5, 0.6) is 0 Å². The van der Waals surface area contributed by atoms with E-state index < -0.39 is 33.7 Å². The minimum atomic E-state index is -4.94. The molecule has 0 aromatic carbocycles. The minimum absolute atomic E-state index is 0. The summed E-state index contributed by atoms with van der Waals surface area (Å²) in [6, 6.07) is 0. The van der Waals surface area contributed by atoms with E-state index in [-0.39, 0.29) is 26.2 Å². The van der Waals surface area contributed by atoms with Gasteiger partial charge in [-0.05, 0) is 0 Å². The maximum atomic E-state index is 10.2. The van der Waals surface area contributed by atoms with Crippen LogP contribution in [0.1, 0.15) is 6.42 Å². The Hall–Kier alpha value is -1.05. The van der Waals surface area contributed by atoms with Gasteiger partial charge in [0.15, 0.2) is 0 Å². The van der Waals surface area contributed by atoms with Gasteiger partial charge in [-0.3, -0.25) is 4.55 Å². The third-order valence-electron chi connectivity index (χ3n) is 0.975. The normalized spacial score (nSPS) is 9.95. The molecule has 0 heterocycles. The molecule has 19 heavy (non-hydrogen) atoms. The van der Waals surface area contributed by atoms with Crippen molar-refractivity contribution in [3.63, 3.8) is 0 Å². The van der Waals surface area contributed by atoms with Gasteiger partial charge in [0, 0.05) is 12.4 Å². The third-order valence-corrected chi connectivity index (χ3v) is 2.05. The Labute approximate surface area is 131 Å². The van der Waals surface area contributed by atoms with Crippen molar-refractivity contribution in [2.24, 2.45) is 0 Å². The van der Waals surface area contributed by atoms with Crippen LogP contribution in [0.2, 0.25) is 0 Å². The van der Waals surface area contributed by atoms with Crippen molar-refractivity contribution in [2.75, 3.05) is 0 Å². The molecule has 0 rings (SSSR count). The summed E-state index contributed by atoms with van der Waals surface area (Å²) in [6.07, 6.45) is 1.67. The molecule has 0 fully saturated rings. The number of carbonyl (C=O) groups excluding carboxylic acids is 2. The quantitative estimate of drug-likeness (QED) is 0.453. The monoisotopic (exact) mass is 368 g/mol. The molecule has 106 valence electrons. The fourth-order valence-electron chi connectivity index (χ4n) is 0.462. The molecule has 1 N–H and O–H groups in total. The van der Waals surface area contributed by atoms with Gasteiger partial charge in [0.2, 0.25) is 0 Å². The van der Waals surface area contributed by atoms with E-state index in [1.54, 1.807) is 0 Å². The van der Waals surface area contributed by atoms with E-state index in [2.05, 4.69) is 27.0 Å². The van der Waals surface area contributed by atoms with E-state index >= 15 is 0 Å². The van der Waals surface area contributed by atoms with Gasteiger partial charge < -0.3 is 19.8 Å². The van der Waals surface area contributed by atoms with Gasteiger partial charge in [-0.25, -0.2) is 39.2 Å². The topological polar surface area (TPSA) is 135 Å². The molecule has 0 radical (unpaired) electrons. The Kier molecular flexibility index (Phi) is 20.9. The molecule has 9 heteroatoms. The van der Waals surface area contributed by atoms with Crippen LogP contribution in [-0.4, -0.2) is 30.2 Å². The SMILES string of the molecule is C=C[CH2-].C=C[CH2-].O=C([O-])CC(C(=O)[O-])S(=O)(=O)O.[Zr+4]. The second-order valence-corrected chi connectivity index (χ2v) is 4.08. The fourth-order valence-corrected chi connectivity index (χ4v) is 1.05. The van der Waals surface area contributed by atoms with Gasteiger partial charge in [0.1, 0.15) is 5.25 Å². The Morgan fingerprint density at radius 2 is 1.47 bits per heavy atom. The molecule has 1 unspecified atom stereocenters. The number of rotatable bonds is 4. The molecule has 0 aliphatic heterocycles. The number of aliphatic carboxylic acids is 2. The first-order valence-corrected chi connectivity index (χ1v) is 5.75. The van der Waals surface area contributed by atoms with Gasteiger partial charge in [-0.15, -0.1) is 0 Å². The zero-order valence-electron chi connectivity index (χ0n) is 10.1. The molecule has 1 atom stereocenters. The van der Waals surface area contributed by atoms with Crippen molar-refractivity contribution >= 4 is 22.1 Å². The predicted octanol–water partition coefficient (Wildman–Crippen LogP) is -1.86. The summed E-state index contributed by atoms with van der Waals surface area (Å²) in [4.78, 5) is 19.7. The maximum Gasteiger partial charge on any atom is 4.00 e. The van der Waals surface area contributed by atoms with Crippen molar-refractivity contribution in [2.45, 2.75) is 11.7 Å². The van der Waals surface area contributed by atoms with E-state index in [1.165, 1.54) is 12.2 Å². The van der Waals surface area contributed by atoms with Crippen LogP contribution in [0.3, 0.4) is 0 Å². The molecule has 0 aliphatic rings. The molecule has 0 bridgehead atoms. The molecule has 0 aromatic heterocycles. The molecule has 0 saturated carbocycles. The van der Waals surface area contributed by atoms with Crippen LogP contribution in [0.4, 0.5) is 0 Å². The number of hydrogen-bond donors (Lipinski definition) is 1. The van der Waals surface area contributed by atoms with E-state index in [4.69, 9.17) is 4.55 Å². The number of carboxylic acids is 2. The standard InChI is InChI=1S/C4H6O7S.2C3H5.Zr/c5-3(6)1-2(4(7)8)12(9,10)11;2*1-3-2;/h2H,1H2,(H,5,6)(H,7,8)(H,9,10,11);2*3H,1-2H2;/q;2*-1;+4/p-2. The summed E-state index contributed by atoms with van der Waals surface area (Å²) >= 11 is 0. The van der Waals surface area contributed by atoms with Gasteiger partial charge in [0.05, 0.1) is 5.97 Å². The first-order chi connectivity index (χ1) is 8.08. The van der Waals surface area contributed by atoms with Crippen LogP contribution in [0.15, 0.2) is 25.3 Å². The van der Waals surface area contributed by atoms with E-state index in [0.29, 0.717) is 0 Å². The molecule has 7 nitrogen and oxygen atoms in total. The zero-order chi connectivity index (χ0) is 15.4. The summed E-state index contributed by atoms with van der Waals surface area (Å²) in [5.41, 5.74) is 0. The molecule has 0 aromatic rings.